The van der Waals surface area contributed by atoms with Crippen molar-refractivity contribution in [3.63, 3.8) is 0 Å². The summed E-state index contributed by atoms with van der Waals surface area (Å²) in [5, 5.41) is 0. The van der Waals surface area contributed by atoms with Crippen LogP contribution in [0, 0.1) is 11.8 Å². The second-order valence-corrected chi connectivity index (χ2v) is 9.90. The second kappa shape index (κ2) is 13.6. The van der Waals surface area contributed by atoms with Crippen LogP contribution in [0.15, 0.2) is 49.3 Å². The summed E-state index contributed by atoms with van der Waals surface area (Å²) in [6.45, 7) is 8.61. The molecule has 0 spiro atoms. The van der Waals surface area contributed by atoms with Gasteiger partial charge in [-0.3, -0.25) is 0 Å². The molecule has 2 heteroatoms. The zero-order chi connectivity index (χ0) is 22.6. The van der Waals surface area contributed by atoms with Crippen molar-refractivity contribution >= 4 is 0 Å². The van der Waals surface area contributed by atoms with Gasteiger partial charge < -0.3 is 0 Å². The summed E-state index contributed by atoms with van der Waals surface area (Å²) in [5.74, 6) is 3.19. The first-order valence-corrected chi connectivity index (χ1v) is 13.3. The Hall–Kier alpha value is -1.96. The van der Waals surface area contributed by atoms with Crippen LogP contribution < -0.4 is 0 Å². The number of aryl methyl sites for hydroxylation is 1. The number of nitrogens with zero attached hydrogens (tertiary/aromatic N) is 2. The first-order chi connectivity index (χ1) is 15.7. The highest BCUT2D eigenvalue weighted by atomic mass is 14.9. The van der Waals surface area contributed by atoms with Crippen molar-refractivity contribution in [2.45, 2.75) is 103 Å². The average molecular weight is 433 g/mol. The molecule has 1 aromatic carbocycles. The molecule has 3 rings (SSSR count). The lowest BCUT2D eigenvalue weighted by molar-refractivity contribution is 0.230. The third-order valence-corrected chi connectivity index (χ3v) is 7.47. The van der Waals surface area contributed by atoms with Gasteiger partial charge in [-0.25, -0.2) is 9.97 Å². The normalized spacial score (nSPS) is 19.6. The molecule has 2 aromatic rings. The number of hydrogen-bond acceptors (Lipinski definition) is 2. The average Bonchev–Trinajstić information content (AvgIpc) is 2.84. The van der Waals surface area contributed by atoms with E-state index in [4.69, 9.17) is 0 Å². The van der Waals surface area contributed by atoms with Crippen molar-refractivity contribution in [2.75, 3.05) is 0 Å². The van der Waals surface area contributed by atoms with Crippen LogP contribution >= 0.6 is 0 Å². The molecule has 1 atom stereocenters. The molecule has 0 aliphatic heterocycles. The fraction of sp³-hybridized carbons (Fsp3) is 0.600. The largest absolute Gasteiger partial charge is 0.236 e. The van der Waals surface area contributed by atoms with Gasteiger partial charge in [-0.2, -0.15) is 0 Å². The van der Waals surface area contributed by atoms with Crippen LogP contribution in [0.4, 0.5) is 0 Å². The lowest BCUT2D eigenvalue weighted by atomic mass is 9.71. The molecule has 0 amide bonds. The predicted octanol–water partition coefficient (Wildman–Crippen LogP) is 8.92. The van der Waals surface area contributed by atoms with Gasteiger partial charge in [0, 0.05) is 18.0 Å². The maximum atomic E-state index is 4.64. The SMILES string of the molecule is C=CCC(c1ccc(-c2ncc(CCCCC)cn2)cc1)C1CCC(CCCCC)CC1. The van der Waals surface area contributed by atoms with Crippen molar-refractivity contribution in [2.24, 2.45) is 11.8 Å². The highest BCUT2D eigenvalue weighted by molar-refractivity contribution is 5.55. The lowest BCUT2D eigenvalue weighted by Crippen LogP contribution is -2.20. The first-order valence-electron chi connectivity index (χ1n) is 13.3. The van der Waals surface area contributed by atoms with Crippen LogP contribution in [0.3, 0.4) is 0 Å². The van der Waals surface area contributed by atoms with Gasteiger partial charge in [0.25, 0.3) is 0 Å². The van der Waals surface area contributed by atoms with Crippen LogP contribution in [0.2, 0.25) is 0 Å². The van der Waals surface area contributed by atoms with Gasteiger partial charge in [0.2, 0.25) is 0 Å². The Labute approximate surface area is 197 Å². The number of allylic oxidation sites excluding steroid dienone is 1. The van der Waals surface area contributed by atoms with Crippen LogP contribution in [0.25, 0.3) is 11.4 Å². The third-order valence-electron chi connectivity index (χ3n) is 7.47. The molecule has 1 aliphatic rings. The van der Waals surface area contributed by atoms with Crippen LogP contribution in [-0.4, -0.2) is 9.97 Å². The molecule has 0 bridgehead atoms. The van der Waals surface area contributed by atoms with E-state index >= 15 is 0 Å². The van der Waals surface area contributed by atoms with E-state index in [2.05, 4.69) is 60.7 Å². The maximum absolute atomic E-state index is 4.64. The van der Waals surface area contributed by atoms with Crippen LogP contribution in [0.1, 0.15) is 108 Å². The molecule has 1 fully saturated rings. The van der Waals surface area contributed by atoms with Gasteiger partial charge >= 0.3 is 0 Å². The zero-order valence-corrected chi connectivity index (χ0v) is 20.6. The molecule has 0 radical (unpaired) electrons. The van der Waals surface area contributed by atoms with Crippen LogP contribution in [0.5, 0.6) is 0 Å². The Balaban J connectivity index is 1.59. The Morgan fingerprint density at radius 1 is 0.906 bits per heavy atom. The summed E-state index contributed by atoms with van der Waals surface area (Å²) >= 11 is 0. The van der Waals surface area contributed by atoms with Crippen molar-refractivity contribution in [1.29, 1.82) is 0 Å². The number of hydrogen-bond donors (Lipinski definition) is 0. The van der Waals surface area contributed by atoms with E-state index < -0.39 is 0 Å². The first kappa shape index (κ1) is 24.7. The summed E-state index contributed by atoms with van der Waals surface area (Å²) in [6.07, 6.45) is 23.2. The molecule has 1 saturated carbocycles. The van der Waals surface area contributed by atoms with E-state index in [0.29, 0.717) is 5.92 Å². The fourth-order valence-electron chi connectivity index (χ4n) is 5.43. The Morgan fingerprint density at radius 3 is 2.19 bits per heavy atom. The fourth-order valence-corrected chi connectivity index (χ4v) is 5.43. The molecule has 1 aliphatic carbocycles. The van der Waals surface area contributed by atoms with E-state index in [9.17, 15) is 0 Å². The third kappa shape index (κ3) is 7.29. The lowest BCUT2D eigenvalue weighted by Gasteiger charge is -2.34. The molecule has 0 saturated heterocycles. The molecule has 174 valence electrons. The molecule has 1 aromatic heterocycles. The topological polar surface area (TPSA) is 25.8 Å². The molecular formula is C30H44N2. The quantitative estimate of drug-likeness (QED) is 0.233. The van der Waals surface area contributed by atoms with Gasteiger partial charge in [-0.15, -0.1) is 6.58 Å². The van der Waals surface area contributed by atoms with Crippen LogP contribution in [-0.2, 0) is 6.42 Å². The number of benzene rings is 1. The highest BCUT2D eigenvalue weighted by Gasteiger charge is 2.27. The number of rotatable bonds is 13. The van der Waals surface area contributed by atoms with E-state index in [0.717, 1.165) is 36.1 Å². The van der Waals surface area contributed by atoms with Crippen molar-refractivity contribution in [1.82, 2.24) is 9.97 Å². The smallest absolute Gasteiger partial charge is 0.159 e. The summed E-state index contributed by atoms with van der Waals surface area (Å²) in [5.41, 5.74) is 3.82. The molecule has 1 unspecified atom stereocenters. The minimum absolute atomic E-state index is 0.597. The van der Waals surface area contributed by atoms with Crippen molar-refractivity contribution < 1.29 is 0 Å². The second-order valence-electron chi connectivity index (χ2n) is 9.90. The minimum Gasteiger partial charge on any atom is -0.236 e. The molecule has 32 heavy (non-hydrogen) atoms. The van der Waals surface area contributed by atoms with E-state index in [-0.39, 0.29) is 0 Å². The standard InChI is InChI=1S/C30H44N2/c1-4-7-9-12-24-14-16-26(17-15-24)29(11-6-3)27-18-20-28(21-19-27)30-31-22-25(23-32-30)13-10-8-5-2/h6,18-24,26,29H,3-5,7-17H2,1-2H3. The Bertz CT molecular complexity index is 769. The van der Waals surface area contributed by atoms with Crippen molar-refractivity contribution in [3.05, 3.63) is 60.4 Å². The molecule has 0 N–H and O–H groups in total. The molecule has 2 nitrogen and oxygen atoms in total. The van der Waals surface area contributed by atoms with E-state index in [1.807, 2.05) is 12.4 Å². The van der Waals surface area contributed by atoms with Gasteiger partial charge in [-0.05, 0) is 61.0 Å². The summed E-state index contributed by atoms with van der Waals surface area (Å²) in [4.78, 5) is 9.28. The minimum atomic E-state index is 0.597. The number of unbranched alkanes of at least 4 members (excludes halogenated alkanes) is 4. The van der Waals surface area contributed by atoms with Gasteiger partial charge in [0.1, 0.15) is 0 Å². The Kier molecular flexibility index (Phi) is 10.5. The molecular weight excluding hydrogens is 388 g/mol. The molecule has 1 heterocycles. The van der Waals surface area contributed by atoms with Gasteiger partial charge in [0.05, 0.1) is 0 Å². The summed E-state index contributed by atoms with van der Waals surface area (Å²) in [7, 11) is 0. The van der Waals surface area contributed by atoms with E-state index in [1.165, 1.54) is 81.8 Å². The predicted molar refractivity (Wildman–Crippen MR) is 138 cm³/mol. The number of aromatic nitrogens is 2. The monoisotopic (exact) mass is 432 g/mol. The maximum Gasteiger partial charge on any atom is 0.159 e. The van der Waals surface area contributed by atoms with Crippen molar-refractivity contribution in [3.8, 4) is 11.4 Å². The Morgan fingerprint density at radius 2 is 1.56 bits per heavy atom. The van der Waals surface area contributed by atoms with Gasteiger partial charge in [-0.1, -0.05) is 95.6 Å². The zero-order valence-electron chi connectivity index (χ0n) is 20.6. The van der Waals surface area contributed by atoms with E-state index in [1.54, 1.807) is 0 Å². The summed E-state index contributed by atoms with van der Waals surface area (Å²) in [6, 6.07) is 9.06. The summed E-state index contributed by atoms with van der Waals surface area (Å²) < 4.78 is 0. The highest BCUT2D eigenvalue weighted by Crippen LogP contribution is 2.41. The van der Waals surface area contributed by atoms with Gasteiger partial charge in [0.15, 0.2) is 5.82 Å².